The number of rotatable bonds is 1. The highest BCUT2D eigenvalue weighted by atomic mass is 15.3. The van der Waals surface area contributed by atoms with Gasteiger partial charge < -0.3 is 10.2 Å². The van der Waals surface area contributed by atoms with Crippen LogP contribution < -0.4 is 5.32 Å². The van der Waals surface area contributed by atoms with Crippen LogP contribution in [0.4, 0.5) is 0 Å². The Morgan fingerprint density at radius 2 is 1.62 bits per heavy atom. The summed E-state index contributed by atoms with van der Waals surface area (Å²) in [7, 11) is 4.30. The fourth-order valence-electron chi connectivity index (χ4n) is 2.41. The summed E-state index contributed by atoms with van der Waals surface area (Å²) >= 11 is 0. The molecule has 2 heterocycles. The summed E-state index contributed by atoms with van der Waals surface area (Å²) in [5, 5.41) is 3.37. The van der Waals surface area contributed by atoms with Gasteiger partial charge in [0, 0.05) is 38.3 Å². The van der Waals surface area contributed by atoms with Crippen LogP contribution in [0.5, 0.6) is 0 Å². The zero-order valence-electron chi connectivity index (χ0n) is 12.1. The Hall–Kier alpha value is -0.120. The molecule has 2 atom stereocenters. The van der Waals surface area contributed by atoms with Crippen molar-refractivity contribution in [3.63, 3.8) is 0 Å². The van der Waals surface area contributed by atoms with Gasteiger partial charge in [-0.15, -0.1) is 0 Å². The van der Waals surface area contributed by atoms with Crippen molar-refractivity contribution >= 4 is 0 Å². The van der Waals surface area contributed by atoms with Gasteiger partial charge in [-0.05, 0) is 20.5 Å². The summed E-state index contributed by atoms with van der Waals surface area (Å²) in [4.78, 5) is 5.07. The van der Waals surface area contributed by atoms with E-state index in [1.54, 1.807) is 0 Å². The quantitative estimate of drug-likeness (QED) is 0.737. The summed E-state index contributed by atoms with van der Waals surface area (Å²) in [5.74, 6) is 0. The Morgan fingerprint density at radius 3 is 2.19 bits per heavy atom. The van der Waals surface area contributed by atoms with E-state index < -0.39 is 0 Å². The summed E-state index contributed by atoms with van der Waals surface area (Å²) in [6.07, 6.45) is 1.33. The molecule has 0 spiro atoms. The van der Waals surface area contributed by atoms with E-state index in [1.807, 2.05) is 27.7 Å². The van der Waals surface area contributed by atoms with Crippen LogP contribution in [0.15, 0.2) is 0 Å². The molecule has 0 aromatic carbocycles. The SMILES string of the molecule is CC.CC.CNC1CC2CN(C)CCN2C1. The minimum atomic E-state index is 0.737. The lowest BCUT2D eigenvalue weighted by molar-refractivity contribution is 0.124. The lowest BCUT2D eigenvalue weighted by atomic mass is 10.1. The molecule has 0 bridgehead atoms. The van der Waals surface area contributed by atoms with Crippen molar-refractivity contribution < 1.29 is 0 Å². The number of fused-ring (bicyclic) bond motifs is 1. The standard InChI is InChI=1S/C9H19N3.2C2H6/c1-10-8-5-9-7-11(2)3-4-12(9)6-8;2*1-2/h8-10H,3-7H2,1-2H3;2*1-2H3. The van der Waals surface area contributed by atoms with Crippen molar-refractivity contribution in [3.8, 4) is 0 Å². The van der Waals surface area contributed by atoms with E-state index in [1.165, 1.54) is 32.6 Å². The number of nitrogens with one attached hydrogen (secondary N) is 1. The van der Waals surface area contributed by atoms with Crippen LogP contribution in [0.2, 0.25) is 0 Å². The zero-order chi connectivity index (χ0) is 12.6. The first-order chi connectivity index (χ1) is 7.79. The van der Waals surface area contributed by atoms with E-state index in [2.05, 4.69) is 29.2 Å². The molecule has 3 nitrogen and oxygen atoms in total. The van der Waals surface area contributed by atoms with Gasteiger partial charge in [0.25, 0.3) is 0 Å². The first-order valence-electron chi connectivity index (χ1n) is 6.89. The molecular weight excluding hydrogens is 198 g/mol. The molecule has 2 rings (SSSR count). The molecule has 98 valence electrons. The van der Waals surface area contributed by atoms with E-state index in [9.17, 15) is 0 Å². The Kier molecular flexibility index (Phi) is 8.90. The topological polar surface area (TPSA) is 18.5 Å². The smallest absolute Gasteiger partial charge is 0.0239 e. The van der Waals surface area contributed by atoms with Crippen LogP contribution in [0.25, 0.3) is 0 Å². The van der Waals surface area contributed by atoms with Crippen molar-refractivity contribution in [2.75, 3.05) is 40.3 Å². The molecule has 0 saturated carbocycles. The molecule has 0 aliphatic carbocycles. The van der Waals surface area contributed by atoms with Crippen LogP contribution in [-0.2, 0) is 0 Å². The Bertz CT molecular complexity index is 161. The highest BCUT2D eigenvalue weighted by Crippen LogP contribution is 2.20. The molecule has 2 fully saturated rings. The number of hydrogen-bond donors (Lipinski definition) is 1. The van der Waals surface area contributed by atoms with Gasteiger partial charge in [-0.1, -0.05) is 27.7 Å². The second-order valence-electron chi connectivity index (χ2n) is 4.13. The maximum Gasteiger partial charge on any atom is 0.0239 e. The molecule has 2 unspecified atom stereocenters. The van der Waals surface area contributed by atoms with E-state index in [4.69, 9.17) is 0 Å². The first kappa shape index (κ1) is 15.9. The fraction of sp³-hybridized carbons (Fsp3) is 1.00. The van der Waals surface area contributed by atoms with Crippen molar-refractivity contribution in [3.05, 3.63) is 0 Å². The van der Waals surface area contributed by atoms with Crippen molar-refractivity contribution in [2.24, 2.45) is 0 Å². The predicted molar refractivity (Wildman–Crippen MR) is 73.0 cm³/mol. The molecular formula is C13H31N3. The Morgan fingerprint density at radius 1 is 1.00 bits per heavy atom. The second kappa shape index (κ2) is 8.97. The molecule has 2 aliphatic heterocycles. The number of piperazine rings is 1. The van der Waals surface area contributed by atoms with Gasteiger partial charge in [-0.2, -0.15) is 0 Å². The van der Waals surface area contributed by atoms with Crippen LogP contribution >= 0.6 is 0 Å². The number of likely N-dealkylation sites (N-methyl/N-ethyl adjacent to an activating group) is 2. The third-order valence-electron chi connectivity index (χ3n) is 3.23. The minimum absolute atomic E-state index is 0.737. The van der Waals surface area contributed by atoms with Gasteiger partial charge >= 0.3 is 0 Å². The highest BCUT2D eigenvalue weighted by molar-refractivity contribution is 4.92. The van der Waals surface area contributed by atoms with E-state index in [0.29, 0.717) is 0 Å². The maximum atomic E-state index is 3.37. The van der Waals surface area contributed by atoms with Gasteiger partial charge in [0.1, 0.15) is 0 Å². The summed E-state index contributed by atoms with van der Waals surface area (Å²) in [6, 6.07) is 1.56. The van der Waals surface area contributed by atoms with Gasteiger partial charge in [-0.25, -0.2) is 0 Å². The van der Waals surface area contributed by atoms with Crippen molar-refractivity contribution in [2.45, 2.75) is 46.2 Å². The minimum Gasteiger partial charge on any atom is -0.316 e. The first-order valence-corrected chi connectivity index (χ1v) is 6.89. The van der Waals surface area contributed by atoms with Crippen LogP contribution in [0.1, 0.15) is 34.1 Å². The average Bonchev–Trinajstić information content (AvgIpc) is 2.76. The molecule has 0 aromatic rings. The van der Waals surface area contributed by atoms with Crippen LogP contribution in [-0.4, -0.2) is 62.2 Å². The van der Waals surface area contributed by atoms with Crippen LogP contribution in [0, 0.1) is 0 Å². The molecule has 3 heteroatoms. The third kappa shape index (κ3) is 4.40. The number of hydrogen-bond acceptors (Lipinski definition) is 3. The Balaban J connectivity index is 0.000000509. The van der Waals surface area contributed by atoms with E-state index in [0.717, 1.165) is 12.1 Å². The number of nitrogens with zero attached hydrogens (tertiary/aromatic N) is 2. The molecule has 2 aliphatic rings. The largest absolute Gasteiger partial charge is 0.316 e. The fourth-order valence-corrected chi connectivity index (χ4v) is 2.41. The van der Waals surface area contributed by atoms with Gasteiger partial charge in [0.15, 0.2) is 0 Å². The predicted octanol–water partition coefficient (Wildman–Crippen LogP) is 1.65. The van der Waals surface area contributed by atoms with Crippen LogP contribution in [0.3, 0.4) is 0 Å². The van der Waals surface area contributed by atoms with Gasteiger partial charge in [-0.3, -0.25) is 4.90 Å². The van der Waals surface area contributed by atoms with Gasteiger partial charge in [0.2, 0.25) is 0 Å². The molecule has 0 radical (unpaired) electrons. The zero-order valence-corrected chi connectivity index (χ0v) is 12.1. The third-order valence-corrected chi connectivity index (χ3v) is 3.23. The molecule has 2 saturated heterocycles. The summed E-state index contributed by atoms with van der Waals surface area (Å²) in [6.45, 7) is 13.0. The maximum absolute atomic E-state index is 3.37. The monoisotopic (exact) mass is 229 g/mol. The van der Waals surface area contributed by atoms with E-state index >= 15 is 0 Å². The van der Waals surface area contributed by atoms with E-state index in [-0.39, 0.29) is 0 Å². The summed E-state index contributed by atoms with van der Waals surface area (Å²) in [5.41, 5.74) is 0. The van der Waals surface area contributed by atoms with Gasteiger partial charge in [0.05, 0.1) is 0 Å². The highest BCUT2D eigenvalue weighted by Gasteiger charge is 2.34. The molecule has 1 N–H and O–H groups in total. The lowest BCUT2D eigenvalue weighted by Gasteiger charge is -2.35. The molecule has 0 aromatic heterocycles. The average molecular weight is 229 g/mol. The van der Waals surface area contributed by atoms with Crippen molar-refractivity contribution in [1.29, 1.82) is 0 Å². The second-order valence-corrected chi connectivity index (χ2v) is 4.13. The van der Waals surface area contributed by atoms with Crippen molar-refractivity contribution in [1.82, 2.24) is 15.1 Å². The normalized spacial score (nSPS) is 29.6. The molecule has 16 heavy (non-hydrogen) atoms. The Labute approximate surface area is 102 Å². The summed E-state index contributed by atoms with van der Waals surface area (Å²) < 4.78 is 0. The molecule has 0 amide bonds. The lowest BCUT2D eigenvalue weighted by Crippen LogP contribution is -2.48.